The maximum absolute atomic E-state index is 12.3. The van der Waals surface area contributed by atoms with Crippen LogP contribution in [0.15, 0.2) is 24.3 Å². The lowest BCUT2D eigenvalue weighted by Gasteiger charge is -2.32. The number of piperidine rings is 1. The molecule has 1 saturated heterocycles. The molecule has 0 aliphatic carbocycles. The zero-order valence-corrected chi connectivity index (χ0v) is 17.3. The summed E-state index contributed by atoms with van der Waals surface area (Å²) in [5, 5.41) is 3.12. The van der Waals surface area contributed by atoms with Gasteiger partial charge >= 0.3 is 0 Å². The van der Waals surface area contributed by atoms with Gasteiger partial charge in [-0.25, -0.2) is 4.98 Å². The van der Waals surface area contributed by atoms with Crippen LogP contribution in [-0.2, 0) is 24.2 Å². The second-order valence-corrected chi connectivity index (χ2v) is 7.68. The SMILES string of the molecule is CCc1nc(CN2CCCC(CNC(=O)Cc3ccc(OC)cc3)C2)c(C)[nH]1. The number of rotatable bonds is 8. The number of aromatic nitrogens is 2. The molecular weight excluding hydrogens is 352 g/mol. The Balaban J connectivity index is 1.45. The number of nitrogens with one attached hydrogen (secondary N) is 2. The van der Waals surface area contributed by atoms with Gasteiger partial charge in [-0.15, -0.1) is 0 Å². The van der Waals surface area contributed by atoms with Crippen LogP contribution < -0.4 is 10.1 Å². The van der Waals surface area contributed by atoms with Crippen molar-refractivity contribution in [2.24, 2.45) is 5.92 Å². The second kappa shape index (κ2) is 9.73. The number of H-pyrrole nitrogens is 1. The number of carbonyl (C=O) groups is 1. The predicted octanol–water partition coefficient (Wildman–Crippen LogP) is 2.86. The molecule has 152 valence electrons. The van der Waals surface area contributed by atoms with E-state index >= 15 is 0 Å². The molecule has 2 aromatic rings. The van der Waals surface area contributed by atoms with Gasteiger partial charge in [0.05, 0.1) is 19.2 Å². The van der Waals surface area contributed by atoms with E-state index in [4.69, 9.17) is 9.72 Å². The van der Waals surface area contributed by atoms with Gasteiger partial charge in [0.1, 0.15) is 11.6 Å². The molecule has 6 nitrogen and oxygen atoms in total. The molecule has 0 saturated carbocycles. The number of amides is 1. The maximum Gasteiger partial charge on any atom is 0.224 e. The highest BCUT2D eigenvalue weighted by Crippen LogP contribution is 2.19. The van der Waals surface area contributed by atoms with Gasteiger partial charge < -0.3 is 15.0 Å². The van der Waals surface area contributed by atoms with E-state index in [0.29, 0.717) is 12.3 Å². The molecule has 1 aromatic heterocycles. The summed E-state index contributed by atoms with van der Waals surface area (Å²) in [5.41, 5.74) is 3.33. The van der Waals surface area contributed by atoms with Crippen molar-refractivity contribution in [1.29, 1.82) is 0 Å². The first-order valence-electron chi connectivity index (χ1n) is 10.2. The molecule has 3 rings (SSSR count). The fourth-order valence-corrected chi connectivity index (χ4v) is 3.81. The van der Waals surface area contributed by atoms with Gasteiger partial charge in [-0.05, 0) is 49.9 Å². The van der Waals surface area contributed by atoms with E-state index in [2.05, 4.69) is 29.0 Å². The van der Waals surface area contributed by atoms with Crippen LogP contribution in [0.2, 0.25) is 0 Å². The van der Waals surface area contributed by atoms with E-state index in [9.17, 15) is 4.79 Å². The molecule has 1 aliphatic rings. The number of methoxy groups -OCH3 is 1. The van der Waals surface area contributed by atoms with Crippen molar-refractivity contribution in [3.63, 3.8) is 0 Å². The molecule has 1 aromatic carbocycles. The Morgan fingerprint density at radius 3 is 2.82 bits per heavy atom. The van der Waals surface area contributed by atoms with E-state index in [1.807, 2.05) is 24.3 Å². The topological polar surface area (TPSA) is 70.2 Å². The number of benzene rings is 1. The van der Waals surface area contributed by atoms with Crippen LogP contribution in [0.5, 0.6) is 5.75 Å². The van der Waals surface area contributed by atoms with Gasteiger partial charge in [0.25, 0.3) is 0 Å². The third-order valence-corrected chi connectivity index (χ3v) is 5.46. The molecule has 1 fully saturated rings. The van der Waals surface area contributed by atoms with E-state index in [-0.39, 0.29) is 5.91 Å². The van der Waals surface area contributed by atoms with Gasteiger partial charge in [-0.2, -0.15) is 0 Å². The molecule has 2 N–H and O–H groups in total. The van der Waals surface area contributed by atoms with Crippen molar-refractivity contribution in [3.05, 3.63) is 47.0 Å². The first-order chi connectivity index (χ1) is 13.6. The molecule has 0 radical (unpaired) electrons. The zero-order valence-electron chi connectivity index (χ0n) is 17.3. The normalized spacial score (nSPS) is 17.5. The largest absolute Gasteiger partial charge is 0.497 e. The minimum atomic E-state index is 0.0815. The van der Waals surface area contributed by atoms with Gasteiger partial charge in [0, 0.05) is 31.7 Å². The fourth-order valence-electron chi connectivity index (χ4n) is 3.81. The van der Waals surface area contributed by atoms with Crippen molar-refractivity contribution < 1.29 is 9.53 Å². The molecule has 1 unspecified atom stereocenters. The summed E-state index contributed by atoms with van der Waals surface area (Å²) < 4.78 is 5.16. The van der Waals surface area contributed by atoms with Crippen LogP contribution in [0, 0.1) is 12.8 Å². The minimum Gasteiger partial charge on any atom is -0.497 e. The summed E-state index contributed by atoms with van der Waals surface area (Å²) >= 11 is 0. The molecule has 0 bridgehead atoms. The number of aryl methyl sites for hydroxylation is 2. The summed E-state index contributed by atoms with van der Waals surface area (Å²) in [4.78, 5) is 22.8. The Bertz CT molecular complexity index is 769. The Labute approximate surface area is 167 Å². The van der Waals surface area contributed by atoms with Crippen LogP contribution in [0.3, 0.4) is 0 Å². The molecule has 1 atom stereocenters. The van der Waals surface area contributed by atoms with Crippen molar-refractivity contribution in [1.82, 2.24) is 20.2 Å². The Morgan fingerprint density at radius 1 is 1.36 bits per heavy atom. The average molecular weight is 385 g/mol. The number of aromatic amines is 1. The average Bonchev–Trinajstić information content (AvgIpc) is 3.07. The van der Waals surface area contributed by atoms with Crippen LogP contribution >= 0.6 is 0 Å². The zero-order chi connectivity index (χ0) is 19.9. The lowest BCUT2D eigenvalue weighted by molar-refractivity contribution is -0.120. The molecule has 0 spiro atoms. The third-order valence-electron chi connectivity index (χ3n) is 5.46. The fraction of sp³-hybridized carbons (Fsp3) is 0.545. The lowest BCUT2D eigenvalue weighted by Crippen LogP contribution is -2.41. The van der Waals surface area contributed by atoms with Crippen LogP contribution in [-0.4, -0.2) is 47.5 Å². The highest BCUT2D eigenvalue weighted by atomic mass is 16.5. The van der Waals surface area contributed by atoms with Gasteiger partial charge in [-0.1, -0.05) is 19.1 Å². The number of hydrogen-bond donors (Lipinski definition) is 2. The van der Waals surface area contributed by atoms with Crippen LogP contribution in [0.4, 0.5) is 0 Å². The third kappa shape index (κ3) is 5.58. The maximum atomic E-state index is 12.3. The number of imidazole rings is 1. The molecule has 2 heterocycles. The molecule has 1 amide bonds. The van der Waals surface area contributed by atoms with Gasteiger partial charge in [0.2, 0.25) is 5.91 Å². The quantitative estimate of drug-likeness (QED) is 0.734. The molecule has 6 heteroatoms. The van der Waals surface area contributed by atoms with Gasteiger partial charge in [-0.3, -0.25) is 9.69 Å². The summed E-state index contributed by atoms with van der Waals surface area (Å²) in [6.45, 7) is 7.96. The first kappa shape index (κ1) is 20.4. The van der Waals surface area contributed by atoms with Crippen molar-refractivity contribution >= 4 is 5.91 Å². The van der Waals surface area contributed by atoms with E-state index in [0.717, 1.165) is 55.4 Å². The Hall–Kier alpha value is -2.34. The summed E-state index contributed by atoms with van der Waals surface area (Å²) in [5.74, 6) is 2.45. The van der Waals surface area contributed by atoms with Crippen molar-refractivity contribution in [3.8, 4) is 5.75 Å². The van der Waals surface area contributed by atoms with Crippen molar-refractivity contribution in [2.45, 2.75) is 46.1 Å². The number of nitrogens with zero attached hydrogens (tertiary/aromatic N) is 2. The molecular formula is C22H32N4O2. The van der Waals surface area contributed by atoms with E-state index in [1.54, 1.807) is 7.11 Å². The second-order valence-electron chi connectivity index (χ2n) is 7.68. The van der Waals surface area contributed by atoms with Gasteiger partial charge in [0.15, 0.2) is 0 Å². The summed E-state index contributed by atoms with van der Waals surface area (Å²) in [6.07, 6.45) is 3.68. The van der Waals surface area contributed by atoms with E-state index in [1.165, 1.54) is 18.5 Å². The Morgan fingerprint density at radius 2 is 2.14 bits per heavy atom. The summed E-state index contributed by atoms with van der Waals surface area (Å²) in [7, 11) is 1.64. The Kier molecular flexibility index (Phi) is 7.09. The van der Waals surface area contributed by atoms with E-state index < -0.39 is 0 Å². The lowest BCUT2D eigenvalue weighted by atomic mass is 9.97. The summed E-state index contributed by atoms with van der Waals surface area (Å²) in [6, 6.07) is 7.67. The highest BCUT2D eigenvalue weighted by Gasteiger charge is 2.22. The standard InChI is InChI=1S/C22H32N4O2/c1-4-21-24-16(2)20(25-21)15-26-11-5-6-18(14-26)13-23-22(27)12-17-7-9-19(28-3)10-8-17/h7-10,18H,4-6,11-15H2,1-3H3,(H,23,27)(H,24,25). The minimum absolute atomic E-state index is 0.0815. The smallest absolute Gasteiger partial charge is 0.224 e. The molecule has 28 heavy (non-hydrogen) atoms. The highest BCUT2D eigenvalue weighted by molar-refractivity contribution is 5.78. The monoisotopic (exact) mass is 384 g/mol. The number of hydrogen-bond acceptors (Lipinski definition) is 4. The predicted molar refractivity (Wildman–Crippen MR) is 110 cm³/mol. The van der Waals surface area contributed by atoms with Crippen molar-refractivity contribution in [2.75, 3.05) is 26.7 Å². The van der Waals surface area contributed by atoms with Crippen LogP contribution in [0.25, 0.3) is 0 Å². The van der Waals surface area contributed by atoms with Crippen LogP contribution in [0.1, 0.15) is 42.5 Å². The number of ether oxygens (including phenoxy) is 1. The molecule has 1 aliphatic heterocycles. The number of likely N-dealkylation sites (tertiary alicyclic amines) is 1. The number of carbonyl (C=O) groups excluding carboxylic acids is 1. The first-order valence-corrected chi connectivity index (χ1v) is 10.2.